The van der Waals surface area contributed by atoms with Gasteiger partial charge in [-0.1, -0.05) is 13.8 Å². The van der Waals surface area contributed by atoms with Crippen LogP contribution in [0.5, 0.6) is 0 Å². The number of hydrogen-bond donors (Lipinski definition) is 1. The summed E-state index contributed by atoms with van der Waals surface area (Å²) in [5, 5.41) is 0. The summed E-state index contributed by atoms with van der Waals surface area (Å²) < 4.78 is 13.1. The fraction of sp³-hybridized carbons (Fsp3) is 0.538. The highest BCUT2D eigenvalue weighted by Gasteiger charge is 2.29. The van der Waals surface area contributed by atoms with Gasteiger partial charge in [0.15, 0.2) is 0 Å². The molecule has 2 N–H and O–H groups in total. The Bertz CT molecular complexity index is 463. The Morgan fingerprint density at radius 2 is 2.06 bits per heavy atom. The second-order valence-electron chi connectivity index (χ2n) is 5.54. The number of anilines is 1. The van der Waals surface area contributed by atoms with Gasteiger partial charge >= 0.3 is 0 Å². The Hall–Kier alpha value is -1.65. The van der Waals surface area contributed by atoms with Crippen molar-refractivity contribution in [2.24, 2.45) is 5.41 Å². The Balaban J connectivity index is 2.15. The van der Waals surface area contributed by atoms with Crippen LogP contribution in [-0.4, -0.2) is 28.9 Å². The van der Waals surface area contributed by atoms with Crippen LogP contribution < -0.4 is 5.73 Å². The number of rotatable bonds is 1. The molecular weight excluding hydrogens is 233 g/mol. The smallest absolute Gasteiger partial charge is 0.257 e. The minimum absolute atomic E-state index is 0.0891. The van der Waals surface area contributed by atoms with E-state index in [1.165, 1.54) is 0 Å². The number of nitrogen functional groups attached to an aromatic ring is 1. The van der Waals surface area contributed by atoms with Gasteiger partial charge in [-0.25, -0.2) is 9.37 Å². The first-order chi connectivity index (χ1) is 8.39. The van der Waals surface area contributed by atoms with Gasteiger partial charge in [0.05, 0.1) is 11.8 Å². The molecule has 1 saturated heterocycles. The quantitative estimate of drug-likeness (QED) is 0.831. The SMILES string of the molecule is CC1(C)CCN(C(=O)c2cc(F)cnc2N)CC1. The lowest BCUT2D eigenvalue weighted by Gasteiger charge is -2.37. The van der Waals surface area contributed by atoms with Gasteiger partial charge in [-0.3, -0.25) is 4.79 Å². The number of amides is 1. The fourth-order valence-corrected chi connectivity index (χ4v) is 2.11. The maximum absolute atomic E-state index is 13.1. The Labute approximate surface area is 106 Å². The lowest BCUT2D eigenvalue weighted by atomic mass is 9.82. The van der Waals surface area contributed by atoms with Crippen molar-refractivity contribution in [3.63, 3.8) is 0 Å². The van der Waals surface area contributed by atoms with E-state index in [1.807, 2.05) is 0 Å². The molecule has 0 atom stereocenters. The predicted molar refractivity (Wildman–Crippen MR) is 67.5 cm³/mol. The molecule has 0 bridgehead atoms. The van der Waals surface area contributed by atoms with Gasteiger partial charge in [-0.2, -0.15) is 0 Å². The van der Waals surface area contributed by atoms with E-state index in [-0.39, 0.29) is 22.7 Å². The van der Waals surface area contributed by atoms with Crippen molar-refractivity contribution in [2.75, 3.05) is 18.8 Å². The topological polar surface area (TPSA) is 59.2 Å². The average Bonchev–Trinajstić information content (AvgIpc) is 2.31. The van der Waals surface area contributed by atoms with Crippen LogP contribution in [0, 0.1) is 11.2 Å². The highest BCUT2D eigenvalue weighted by atomic mass is 19.1. The first-order valence-corrected chi connectivity index (χ1v) is 6.09. The Morgan fingerprint density at radius 3 is 2.67 bits per heavy atom. The zero-order chi connectivity index (χ0) is 13.3. The van der Waals surface area contributed by atoms with Gasteiger partial charge in [0.1, 0.15) is 11.6 Å². The number of hydrogen-bond acceptors (Lipinski definition) is 3. The largest absolute Gasteiger partial charge is 0.383 e. The molecule has 1 aliphatic rings. The molecule has 98 valence electrons. The van der Waals surface area contributed by atoms with E-state index in [0.29, 0.717) is 13.1 Å². The van der Waals surface area contributed by atoms with Gasteiger partial charge in [0.25, 0.3) is 5.91 Å². The lowest BCUT2D eigenvalue weighted by Crippen LogP contribution is -2.41. The van der Waals surface area contributed by atoms with E-state index in [2.05, 4.69) is 18.8 Å². The maximum Gasteiger partial charge on any atom is 0.257 e. The molecule has 2 heterocycles. The number of piperidine rings is 1. The first kappa shape index (κ1) is 12.8. The summed E-state index contributed by atoms with van der Waals surface area (Å²) in [6, 6.07) is 1.16. The van der Waals surface area contributed by atoms with Gasteiger partial charge in [-0.05, 0) is 24.3 Å². The molecule has 5 heteroatoms. The third-order valence-corrected chi connectivity index (χ3v) is 3.52. The molecule has 0 unspecified atom stereocenters. The van der Waals surface area contributed by atoms with Crippen molar-refractivity contribution in [3.8, 4) is 0 Å². The predicted octanol–water partition coefficient (Wildman–Crippen LogP) is 2.07. The minimum atomic E-state index is -0.537. The molecule has 0 spiro atoms. The second-order valence-corrected chi connectivity index (χ2v) is 5.54. The molecule has 1 amide bonds. The minimum Gasteiger partial charge on any atom is -0.383 e. The molecule has 1 aliphatic heterocycles. The van der Waals surface area contributed by atoms with Crippen LogP contribution in [0.15, 0.2) is 12.3 Å². The average molecular weight is 251 g/mol. The molecule has 0 radical (unpaired) electrons. The number of aromatic nitrogens is 1. The van der Waals surface area contributed by atoms with E-state index in [4.69, 9.17) is 5.73 Å². The zero-order valence-electron chi connectivity index (χ0n) is 10.7. The number of carbonyl (C=O) groups excluding carboxylic acids is 1. The molecule has 4 nitrogen and oxygen atoms in total. The molecule has 0 aliphatic carbocycles. The number of nitrogens with two attached hydrogens (primary N) is 1. The van der Waals surface area contributed by atoms with Crippen LogP contribution in [0.3, 0.4) is 0 Å². The summed E-state index contributed by atoms with van der Waals surface area (Å²) in [5.41, 5.74) is 6.05. The molecule has 1 aromatic heterocycles. The Morgan fingerprint density at radius 1 is 1.44 bits per heavy atom. The number of nitrogens with zero attached hydrogens (tertiary/aromatic N) is 2. The summed E-state index contributed by atoms with van der Waals surface area (Å²) in [5.74, 6) is -0.675. The van der Waals surface area contributed by atoms with Crippen LogP contribution in [0.1, 0.15) is 37.0 Å². The molecule has 18 heavy (non-hydrogen) atoms. The molecule has 0 aromatic carbocycles. The third-order valence-electron chi connectivity index (χ3n) is 3.52. The maximum atomic E-state index is 13.1. The summed E-state index contributed by atoms with van der Waals surface area (Å²) in [4.78, 5) is 17.6. The van der Waals surface area contributed by atoms with E-state index in [1.54, 1.807) is 4.90 Å². The van der Waals surface area contributed by atoms with Crippen molar-refractivity contribution >= 4 is 11.7 Å². The second kappa shape index (κ2) is 4.55. The van der Waals surface area contributed by atoms with Gasteiger partial charge in [0, 0.05) is 13.1 Å². The monoisotopic (exact) mass is 251 g/mol. The van der Waals surface area contributed by atoms with Crippen molar-refractivity contribution in [3.05, 3.63) is 23.6 Å². The summed E-state index contributed by atoms with van der Waals surface area (Å²) in [7, 11) is 0. The van der Waals surface area contributed by atoms with Gasteiger partial charge < -0.3 is 10.6 Å². The Kier molecular flexibility index (Phi) is 3.24. The molecular formula is C13H18FN3O. The summed E-state index contributed by atoms with van der Waals surface area (Å²) in [6.45, 7) is 5.74. The number of carbonyl (C=O) groups is 1. The van der Waals surface area contributed by atoms with E-state index < -0.39 is 5.82 Å². The van der Waals surface area contributed by atoms with E-state index >= 15 is 0 Å². The summed E-state index contributed by atoms with van der Waals surface area (Å²) >= 11 is 0. The standard InChI is InChI=1S/C13H18FN3O/c1-13(2)3-5-17(6-4-13)12(18)10-7-9(14)8-16-11(10)15/h7-8H,3-6H2,1-2H3,(H2,15,16). The summed E-state index contributed by atoms with van der Waals surface area (Å²) in [6.07, 6.45) is 2.91. The highest BCUT2D eigenvalue weighted by molar-refractivity contribution is 5.98. The number of pyridine rings is 1. The van der Waals surface area contributed by atoms with Crippen molar-refractivity contribution in [2.45, 2.75) is 26.7 Å². The van der Waals surface area contributed by atoms with Gasteiger partial charge in [-0.15, -0.1) is 0 Å². The van der Waals surface area contributed by atoms with Crippen molar-refractivity contribution in [1.29, 1.82) is 0 Å². The van der Waals surface area contributed by atoms with E-state index in [9.17, 15) is 9.18 Å². The van der Waals surface area contributed by atoms with Crippen molar-refractivity contribution in [1.82, 2.24) is 9.88 Å². The highest BCUT2D eigenvalue weighted by Crippen LogP contribution is 2.30. The first-order valence-electron chi connectivity index (χ1n) is 6.09. The van der Waals surface area contributed by atoms with Crippen LogP contribution in [0.4, 0.5) is 10.2 Å². The molecule has 1 aromatic rings. The normalized spacial score (nSPS) is 18.7. The zero-order valence-corrected chi connectivity index (χ0v) is 10.7. The van der Waals surface area contributed by atoms with Crippen molar-refractivity contribution < 1.29 is 9.18 Å². The number of halogens is 1. The van der Waals surface area contributed by atoms with Crippen LogP contribution in [0.2, 0.25) is 0 Å². The molecule has 1 fully saturated rings. The lowest BCUT2D eigenvalue weighted by molar-refractivity contribution is 0.0630. The number of likely N-dealkylation sites (tertiary alicyclic amines) is 1. The third kappa shape index (κ3) is 2.60. The van der Waals surface area contributed by atoms with Gasteiger partial charge in [0.2, 0.25) is 0 Å². The molecule has 0 saturated carbocycles. The van der Waals surface area contributed by atoms with Crippen LogP contribution in [-0.2, 0) is 0 Å². The van der Waals surface area contributed by atoms with Crippen LogP contribution in [0.25, 0.3) is 0 Å². The van der Waals surface area contributed by atoms with Crippen LogP contribution >= 0.6 is 0 Å². The van der Waals surface area contributed by atoms with E-state index in [0.717, 1.165) is 25.1 Å². The molecule has 2 rings (SSSR count). The fourth-order valence-electron chi connectivity index (χ4n) is 2.11.